The van der Waals surface area contributed by atoms with Crippen molar-refractivity contribution in [2.75, 3.05) is 18.4 Å². The molecular formula is C28H49N3. The zero-order chi connectivity index (χ0) is 22.5. The van der Waals surface area contributed by atoms with Gasteiger partial charge in [-0.05, 0) is 68.4 Å². The summed E-state index contributed by atoms with van der Waals surface area (Å²) >= 11 is 0. The molecule has 1 aromatic rings. The minimum Gasteiger partial charge on any atom is -0.388 e. The summed E-state index contributed by atoms with van der Waals surface area (Å²) in [6, 6.07) is 4.53. The number of rotatable bonds is 16. The summed E-state index contributed by atoms with van der Waals surface area (Å²) in [5.41, 5.74) is 4.18. The van der Waals surface area contributed by atoms with E-state index in [2.05, 4.69) is 57.0 Å². The summed E-state index contributed by atoms with van der Waals surface area (Å²) in [4.78, 5) is 4.84. The number of anilines is 1. The van der Waals surface area contributed by atoms with Crippen LogP contribution in [-0.2, 0) is 12.8 Å². The smallest absolute Gasteiger partial charge is 0.129 e. The lowest BCUT2D eigenvalue weighted by molar-refractivity contribution is 0.127. The second kappa shape index (κ2) is 13.8. The molecule has 0 saturated carbocycles. The predicted molar refractivity (Wildman–Crippen MR) is 137 cm³/mol. The highest BCUT2D eigenvalue weighted by molar-refractivity contribution is 5.46. The van der Waals surface area contributed by atoms with Gasteiger partial charge in [-0.1, -0.05) is 78.4 Å². The van der Waals surface area contributed by atoms with Crippen molar-refractivity contribution in [2.45, 2.75) is 111 Å². The largest absolute Gasteiger partial charge is 0.388 e. The number of nitrogens with one attached hydrogen (secondary N) is 2. The number of fused-ring (bicyclic) bond motifs is 1. The Morgan fingerprint density at radius 1 is 1.13 bits per heavy atom. The Morgan fingerprint density at radius 2 is 1.84 bits per heavy atom. The van der Waals surface area contributed by atoms with Gasteiger partial charge in [0.25, 0.3) is 0 Å². The van der Waals surface area contributed by atoms with Gasteiger partial charge in [-0.15, -0.1) is 0 Å². The topological polar surface area (TPSA) is 37.0 Å². The van der Waals surface area contributed by atoms with Crippen molar-refractivity contribution in [1.29, 1.82) is 0 Å². The summed E-state index contributed by atoms with van der Waals surface area (Å²) < 4.78 is 0. The highest BCUT2D eigenvalue weighted by Crippen LogP contribution is 2.40. The molecule has 0 amide bonds. The first-order chi connectivity index (χ1) is 15.0. The standard InChI is InChI=1S/C28H49N3/c1-6-19-28(20-7-2,22-30-23(3)4)24(5)14-11-9-8-10-12-16-26-18-17-25-15-13-21-29-27(25)31-26/h17-18,24,30H,3,6-16,19-22H2,1-2,4-5H3,(H,29,31). The van der Waals surface area contributed by atoms with Gasteiger partial charge in [-0.25, -0.2) is 4.98 Å². The second-order valence-corrected chi connectivity index (χ2v) is 10.0. The van der Waals surface area contributed by atoms with E-state index >= 15 is 0 Å². The van der Waals surface area contributed by atoms with Crippen LogP contribution in [0.15, 0.2) is 24.4 Å². The molecule has 1 aliphatic heterocycles. The van der Waals surface area contributed by atoms with Gasteiger partial charge in [0, 0.05) is 24.5 Å². The van der Waals surface area contributed by atoms with Crippen molar-refractivity contribution in [1.82, 2.24) is 10.3 Å². The quantitative estimate of drug-likeness (QED) is 0.266. The maximum absolute atomic E-state index is 4.84. The molecular weight excluding hydrogens is 378 g/mol. The van der Waals surface area contributed by atoms with Crippen LogP contribution in [0.2, 0.25) is 0 Å². The minimum absolute atomic E-state index is 0.425. The van der Waals surface area contributed by atoms with Crippen LogP contribution in [0.5, 0.6) is 0 Å². The number of aromatic nitrogens is 1. The van der Waals surface area contributed by atoms with Gasteiger partial charge in [-0.3, -0.25) is 0 Å². The van der Waals surface area contributed by atoms with Crippen LogP contribution in [0, 0.1) is 11.3 Å². The average molecular weight is 428 g/mol. The molecule has 2 N–H and O–H groups in total. The lowest BCUT2D eigenvalue weighted by Crippen LogP contribution is -2.39. The number of unbranched alkanes of at least 4 members (excludes halogenated alkanes) is 4. The number of hydrogen-bond acceptors (Lipinski definition) is 3. The van der Waals surface area contributed by atoms with Gasteiger partial charge in [0.15, 0.2) is 0 Å². The zero-order valence-electron chi connectivity index (χ0n) is 21.0. The van der Waals surface area contributed by atoms with Crippen molar-refractivity contribution in [3.8, 4) is 0 Å². The molecule has 0 aliphatic carbocycles. The fourth-order valence-electron chi connectivity index (χ4n) is 5.39. The Balaban J connectivity index is 1.68. The summed E-state index contributed by atoms with van der Waals surface area (Å²) in [6.07, 6.45) is 16.8. The second-order valence-electron chi connectivity index (χ2n) is 10.0. The molecule has 1 unspecified atom stereocenters. The normalized spacial score (nSPS) is 14.6. The molecule has 0 bridgehead atoms. The van der Waals surface area contributed by atoms with Gasteiger partial charge in [0.2, 0.25) is 0 Å². The minimum atomic E-state index is 0.425. The Labute approximate surface area is 192 Å². The van der Waals surface area contributed by atoms with E-state index in [1.807, 2.05) is 0 Å². The molecule has 0 aromatic carbocycles. The number of hydrogen-bond donors (Lipinski definition) is 2. The van der Waals surface area contributed by atoms with Gasteiger partial charge in [-0.2, -0.15) is 0 Å². The van der Waals surface area contributed by atoms with Crippen molar-refractivity contribution >= 4 is 5.82 Å². The van der Waals surface area contributed by atoms with Crippen molar-refractivity contribution in [2.24, 2.45) is 11.3 Å². The van der Waals surface area contributed by atoms with Crippen LogP contribution in [-0.4, -0.2) is 18.1 Å². The SMILES string of the molecule is C=C(C)NCC(CCC)(CCC)C(C)CCCCCCCc1ccc2c(n1)NCCC2. The molecule has 31 heavy (non-hydrogen) atoms. The molecule has 3 heteroatoms. The Morgan fingerprint density at radius 3 is 2.55 bits per heavy atom. The molecule has 2 rings (SSSR count). The first-order valence-electron chi connectivity index (χ1n) is 13.1. The van der Waals surface area contributed by atoms with Crippen LogP contribution < -0.4 is 10.6 Å². The van der Waals surface area contributed by atoms with E-state index < -0.39 is 0 Å². The van der Waals surface area contributed by atoms with Crippen molar-refractivity contribution in [3.05, 3.63) is 35.7 Å². The third-order valence-corrected chi connectivity index (χ3v) is 7.31. The number of aryl methyl sites for hydroxylation is 2. The highest BCUT2D eigenvalue weighted by atomic mass is 15.0. The average Bonchev–Trinajstić information content (AvgIpc) is 2.76. The molecule has 1 aliphatic rings. The fraction of sp³-hybridized carbons (Fsp3) is 0.750. The first-order valence-corrected chi connectivity index (χ1v) is 13.1. The summed E-state index contributed by atoms with van der Waals surface area (Å²) in [5.74, 6) is 1.91. The molecule has 176 valence electrons. The molecule has 1 atom stereocenters. The monoisotopic (exact) mass is 427 g/mol. The molecule has 3 nitrogen and oxygen atoms in total. The Bertz CT molecular complexity index is 646. The van der Waals surface area contributed by atoms with E-state index in [1.165, 1.54) is 88.3 Å². The molecule has 1 aromatic heterocycles. The van der Waals surface area contributed by atoms with Crippen LogP contribution >= 0.6 is 0 Å². The van der Waals surface area contributed by atoms with E-state index in [9.17, 15) is 0 Å². The Kier molecular flexibility index (Phi) is 11.5. The summed E-state index contributed by atoms with van der Waals surface area (Å²) in [7, 11) is 0. The molecule has 0 fully saturated rings. The highest BCUT2D eigenvalue weighted by Gasteiger charge is 2.33. The molecule has 0 radical (unpaired) electrons. The predicted octanol–water partition coefficient (Wildman–Crippen LogP) is 7.67. The van der Waals surface area contributed by atoms with Gasteiger partial charge < -0.3 is 10.6 Å². The molecule has 2 heterocycles. The van der Waals surface area contributed by atoms with E-state index in [0.29, 0.717) is 5.41 Å². The zero-order valence-corrected chi connectivity index (χ0v) is 21.0. The van der Waals surface area contributed by atoms with E-state index in [-0.39, 0.29) is 0 Å². The van der Waals surface area contributed by atoms with Gasteiger partial charge in [0.05, 0.1) is 0 Å². The van der Waals surface area contributed by atoms with Gasteiger partial charge >= 0.3 is 0 Å². The van der Waals surface area contributed by atoms with E-state index in [0.717, 1.165) is 36.9 Å². The number of pyridine rings is 1. The first kappa shape index (κ1) is 25.7. The fourth-order valence-corrected chi connectivity index (χ4v) is 5.39. The van der Waals surface area contributed by atoms with Crippen LogP contribution in [0.4, 0.5) is 5.82 Å². The van der Waals surface area contributed by atoms with E-state index in [1.54, 1.807) is 0 Å². The van der Waals surface area contributed by atoms with Crippen LogP contribution in [0.25, 0.3) is 0 Å². The van der Waals surface area contributed by atoms with Crippen molar-refractivity contribution in [3.63, 3.8) is 0 Å². The lowest BCUT2D eigenvalue weighted by atomic mass is 9.68. The van der Waals surface area contributed by atoms with Crippen molar-refractivity contribution < 1.29 is 0 Å². The lowest BCUT2D eigenvalue weighted by Gasteiger charge is -2.40. The third-order valence-electron chi connectivity index (χ3n) is 7.31. The summed E-state index contributed by atoms with van der Waals surface area (Å²) in [5, 5.41) is 7.04. The molecule has 0 saturated heterocycles. The number of allylic oxidation sites excluding steroid dienone is 1. The van der Waals surface area contributed by atoms with Gasteiger partial charge in [0.1, 0.15) is 5.82 Å². The van der Waals surface area contributed by atoms with Crippen LogP contribution in [0.3, 0.4) is 0 Å². The maximum Gasteiger partial charge on any atom is 0.129 e. The maximum atomic E-state index is 4.84. The summed E-state index contributed by atoms with van der Waals surface area (Å²) in [6.45, 7) is 15.5. The Hall–Kier alpha value is -1.51. The van der Waals surface area contributed by atoms with Crippen LogP contribution in [0.1, 0.15) is 110 Å². The third kappa shape index (κ3) is 8.50. The molecule has 0 spiro atoms. The van der Waals surface area contributed by atoms with E-state index in [4.69, 9.17) is 4.98 Å². The number of nitrogens with zero attached hydrogens (tertiary/aromatic N) is 1.